The molecule has 0 spiro atoms. The van der Waals surface area contributed by atoms with E-state index in [9.17, 15) is 14.0 Å². The maximum absolute atomic E-state index is 13.5. The molecule has 0 aliphatic heterocycles. The van der Waals surface area contributed by atoms with Crippen molar-refractivity contribution in [3.8, 4) is 11.8 Å². The van der Waals surface area contributed by atoms with Crippen molar-refractivity contribution in [2.45, 2.75) is 113 Å². The van der Waals surface area contributed by atoms with Crippen LogP contribution in [0.2, 0.25) is 0 Å². The number of carbonyl (C=O) groups excluding carboxylic acids is 1. The van der Waals surface area contributed by atoms with Gasteiger partial charge in [0.2, 0.25) is 0 Å². The van der Waals surface area contributed by atoms with Crippen molar-refractivity contribution in [2.75, 3.05) is 5.32 Å². The first-order chi connectivity index (χ1) is 20.8. The van der Waals surface area contributed by atoms with Crippen molar-refractivity contribution in [3.63, 3.8) is 0 Å². The number of nitrogens with zero attached hydrogens (tertiary/aromatic N) is 6. The zero-order valence-corrected chi connectivity index (χ0v) is 28.2. The number of nitrogens with one attached hydrogen (secondary N) is 1. The highest BCUT2D eigenvalue weighted by atomic mass is 19.1. The number of anilines is 1. The molecule has 0 saturated heterocycles. The van der Waals surface area contributed by atoms with Gasteiger partial charge in [-0.15, -0.1) is 4.80 Å². The normalized spacial score (nSPS) is 17.7. The van der Waals surface area contributed by atoms with Crippen LogP contribution in [0.3, 0.4) is 0 Å². The fraction of sp³-hybridized carbons (Fsp3) is 0.562. The zero-order valence-electron chi connectivity index (χ0n) is 28.2. The number of hydrogen-bond donors (Lipinski definition) is 3. The average molecular weight is 621 g/mol. The van der Waals surface area contributed by atoms with E-state index < -0.39 is 18.1 Å². The summed E-state index contributed by atoms with van der Waals surface area (Å²) < 4.78 is 26.0. The minimum atomic E-state index is -0.964. The first kappa shape index (κ1) is 44.6. The van der Waals surface area contributed by atoms with Crippen molar-refractivity contribution in [3.05, 3.63) is 53.6 Å². The molecule has 3 rings (SSSR count). The molecule has 12 heteroatoms. The van der Waals surface area contributed by atoms with Crippen molar-refractivity contribution >= 4 is 19.2 Å². The Morgan fingerprint density at radius 2 is 1.77 bits per heavy atom. The molecule has 4 N–H and O–H groups in total. The average Bonchev–Trinajstić information content (AvgIpc) is 3.56. The lowest BCUT2D eigenvalue weighted by molar-refractivity contribution is -0.0980. The van der Waals surface area contributed by atoms with Gasteiger partial charge in [0.25, 0.3) is 0 Å². The first-order valence-electron chi connectivity index (χ1n) is 14.8. The van der Waals surface area contributed by atoms with Crippen LogP contribution in [0.4, 0.5) is 14.5 Å². The van der Waals surface area contributed by atoms with E-state index in [1.165, 1.54) is 4.80 Å². The van der Waals surface area contributed by atoms with Crippen LogP contribution in [0.15, 0.2) is 52.9 Å². The fourth-order valence-electron chi connectivity index (χ4n) is 3.21. The van der Waals surface area contributed by atoms with Gasteiger partial charge in [0.15, 0.2) is 0 Å². The van der Waals surface area contributed by atoms with Crippen molar-refractivity contribution in [2.24, 2.45) is 16.6 Å². The molecule has 0 bridgehead atoms. The number of nitrogens with two attached hydrogens (primary N) is 1. The molecule has 1 aliphatic rings. The maximum atomic E-state index is 13.5. The predicted octanol–water partition coefficient (Wildman–Crippen LogP) is 7.20. The summed E-state index contributed by atoms with van der Waals surface area (Å²) in [5.74, 6) is -0.113. The molecule has 3 atom stereocenters. The number of nitriles is 1. The maximum Gasteiger partial charge on any atom is 0.147 e. The quantitative estimate of drug-likeness (QED) is 0.174. The highest BCUT2D eigenvalue weighted by Gasteiger charge is 2.28. The number of rotatable bonds is 6. The van der Waals surface area contributed by atoms with Crippen LogP contribution in [0.5, 0.6) is 0 Å². The number of pyridine rings is 1. The van der Waals surface area contributed by atoms with E-state index in [0.717, 1.165) is 24.6 Å². The summed E-state index contributed by atoms with van der Waals surface area (Å²) in [6.45, 7) is 24.7. The number of aliphatic hydroxyl groups is 1. The fourth-order valence-corrected chi connectivity index (χ4v) is 3.21. The van der Waals surface area contributed by atoms with Gasteiger partial charge in [0.1, 0.15) is 36.4 Å². The number of hydrogen-bond acceptors (Lipinski definition) is 9. The Kier molecular flexibility index (Phi) is 26.0. The standard InChI is InChI=1S/C16H16FN7.C7H13FO.C4H11N.2C2H6.CH2O/c1-4-13(17)7-12(9-18)16(19-3)23-14-8-15(11(2)20-10-14)24-21-5-6-22-24;1-5-3-2-4-6(8)7(5)9;1-4(2,3)5;3*1-2/h5-8,10,23H,3-4H2,1-2H3;5-7,9H,2-4H2,1H3;5H2,1-3H3;2*1-2H3;1H2/b13-7+,16-12-;;;;;. The minimum absolute atomic E-state index is 0. The molecule has 44 heavy (non-hydrogen) atoms. The molecule has 0 aromatic carbocycles. The Morgan fingerprint density at radius 1 is 1.25 bits per heavy atom. The van der Waals surface area contributed by atoms with Gasteiger partial charge < -0.3 is 21.0 Å². The summed E-state index contributed by atoms with van der Waals surface area (Å²) in [6, 6.07) is 3.66. The zero-order chi connectivity index (χ0) is 34.9. The van der Waals surface area contributed by atoms with E-state index in [1.807, 2.05) is 75.2 Å². The molecule has 248 valence electrons. The van der Waals surface area contributed by atoms with Gasteiger partial charge in [-0.05, 0) is 71.7 Å². The Morgan fingerprint density at radius 3 is 2.18 bits per heavy atom. The number of allylic oxidation sites excluding steroid dienone is 3. The molecule has 2 aromatic heterocycles. The molecule has 3 unspecified atom stereocenters. The van der Waals surface area contributed by atoms with E-state index in [4.69, 9.17) is 15.6 Å². The Balaban J connectivity index is -0.000000689. The summed E-state index contributed by atoms with van der Waals surface area (Å²) in [7, 11) is 0. The molecule has 2 heterocycles. The van der Waals surface area contributed by atoms with Crippen LogP contribution >= 0.6 is 0 Å². The van der Waals surface area contributed by atoms with Crippen LogP contribution in [0.1, 0.15) is 93.7 Å². The van der Waals surface area contributed by atoms with Gasteiger partial charge >= 0.3 is 0 Å². The second kappa shape index (κ2) is 25.7. The molecule has 0 radical (unpaired) electrons. The smallest absolute Gasteiger partial charge is 0.147 e. The van der Waals surface area contributed by atoms with Crippen molar-refractivity contribution in [1.29, 1.82) is 5.26 Å². The molecule has 1 fully saturated rings. The molecule has 0 amide bonds. The Labute approximate surface area is 263 Å². The van der Waals surface area contributed by atoms with E-state index in [0.29, 0.717) is 17.8 Å². The van der Waals surface area contributed by atoms with Crippen LogP contribution in [-0.4, -0.2) is 56.4 Å². The van der Waals surface area contributed by atoms with Crippen LogP contribution in [0, 0.1) is 24.2 Å². The summed E-state index contributed by atoms with van der Waals surface area (Å²) in [4.78, 5) is 17.5. The lowest BCUT2D eigenvalue weighted by Gasteiger charge is -2.27. The number of aliphatic imine (C=N–C) groups is 1. The van der Waals surface area contributed by atoms with Crippen LogP contribution in [-0.2, 0) is 4.79 Å². The molecular weight excluding hydrogens is 566 g/mol. The third kappa shape index (κ3) is 19.4. The van der Waals surface area contributed by atoms with Crippen molar-refractivity contribution < 1.29 is 18.7 Å². The largest absolute Gasteiger partial charge is 0.390 e. The van der Waals surface area contributed by atoms with Gasteiger partial charge in [-0.1, -0.05) is 48.0 Å². The lowest BCUT2D eigenvalue weighted by Crippen LogP contribution is -2.32. The number of alkyl halides is 1. The second-order valence-electron chi connectivity index (χ2n) is 10.0. The molecule has 1 aliphatic carbocycles. The Bertz CT molecular complexity index is 1120. The van der Waals surface area contributed by atoms with Crippen LogP contribution in [0.25, 0.3) is 5.69 Å². The van der Waals surface area contributed by atoms with E-state index >= 15 is 0 Å². The van der Waals surface area contributed by atoms with Crippen LogP contribution < -0.4 is 11.1 Å². The van der Waals surface area contributed by atoms with E-state index in [2.05, 4.69) is 32.2 Å². The van der Waals surface area contributed by atoms with Gasteiger partial charge in [-0.2, -0.15) is 15.5 Å². The first-order valence-corrected chi connectivity index (χ1v) is 14.8. The number of aryl methyl sites for hydroxylation is 1. The summed E-state index contributed by atoms with van der Waals surface area (Å²) in [5, 5.41) is 29.3. The highest BCUT2D eigenvalue weighted by molar-refractivity contribution is 5.57. The van der Waals surface area contributed by atoms with Crippen molar-refractivity contribution in [1.82, 2.24) is 20.0 Å². The van der Waals surface area contributed by atoms with Gasteiger partial charge in [-0.3, -0.25) is 4.98 Å². The lowest BCUT2D eigenvalue weighted by atomic mass is 9.87. The third-order valence-corrected chi connectivity index (χ3v) is 5.22. The predicted molar refractivity (Wildman–Crippen MR) is 177 cm³/mol. The topological polar surface area (TPSA) is 155 Å². The summed E-state index contributed by atoms with van der Waals surface area (Å²) >= 11 is 0. The second-order valence-corrected chi connectivity index (χ2v) is 10.0. The van der Waals surface area contributed by atoms with E-state index in [-0.39, 0.29) is 29.3 Å². The summed E-state index contributed by atoms with van der Waals surface area (Å²) in [6.07, 6.45) is 6.80. The molecule has 10 nitrogen and oxygen atoms in total. The highest BCUT2D eigenvalue weighted by Crippen LogP contribution is 2.26. The van der Waals surface area contributed by atoms with Gasteiger partial charge in [-0.25, -0.2) is 13.8 Å². The third-order valence-electron chi connectivity index (χ3n) is 5.22. The van der Waals surface area contributed by atoms with E-state index in [1.54, 1.807) is 31.6 Å². The monoisotopic (exact) mass is 620 g/mol. The minimum Gasteiger partial charge on any atom is -0.390 e. The molecule has 1 saturated carbocycles. The summed E-state index contributed by atoms with van der Waals surface area (Å²) in [5.41, 5.74) is 7.35. The number of halogens is 2. The number of aliphatic hydroxyl groups excluding tert-OH is 1. The SMILES string of the molecule is C=N/C(Nc1cnc(C)c(-n2nccn2)c1)=C(C#N)\C=C(\F)CC.C=O.CC.CC.CC(C)(C)N.CC1CCCC(F)C1O. The molecular formula is C32H54F2N8O2. The number of aromatic nitrogens is 4. The Hall–Kier alpha value is -3.82. The van der Waals surface area contributed by atoms with Gasteiger partial charge in [0, 0.05) is 5.54 Å². The van der Waals surface area contributed by atoms with Gasteiger partial charge in [0.05, 0.1) is 41.6 Å². The molecule has 2 aromatic rings. The number of carbonyl (C=O) groups is 1.